The van der Waals surface area contributed by atoms with Crippen LogP contribution in [-0.4, -0.2) is 40.6 Å². The first kappa shape index (κ1) is 30.1. The summed E-state index contributed by atoms with van der Waals surface area (Å²) in [5, 5.41) is 9.85. The number of benzene rings is 1. The predicted octanol–water partition coefficient (Wildman–Crippen LogP) is 3.89. The number of carboxylic acids is 1. The van der Waals surface area contributed by atoms with Gasteiger partial charge in [-0.05, 0) is 66.2 Å². The standard InChI is InChI=1S/C26H39NO8/c1-15(2)20(28)33-16(3)13-26(27,21(29)30)14-17-10-11-18(34-22(31)24(4,5)6)19(12-17)35-23(32)25(7,8)9/h10-12,15-16H,13-14,27H2,1-9H3,(H,29,30)/t16-,26?/m0/s1. The van der Waals surface area contributed by atoms with Gasteiger partial charge in [-0.25, -0.2) is 0 Å². The molecule has 1 unspecified atom stereocenters. The molecule has 1 rings (SSSR count). The molecule has 0 saturated heterocycles. The first-order valence-corrected chi connectivity index (χ1v) is 11.6. The number of carbonyl (C=O) groups is 4. The first-order valence-electron chi connectivity index (χ1n) is 11.6. The van der Waals surface area contributed by atoms with E-state index in [0.717, 1.165) is 0 Å². The van der Waals surface area contributed by atoms with Crippen molar-refractivity contribution < 1.29 is 38.5 Å². The Hall–Kier alpha value is -2.94. The molecule has 0 bridgehead atoms. The summed E-state index contributed by atoms with van der Waals surface area (Å²) in [6, 6.07) is 4.42. The van der Waals surface area contributed by atoms with E-state index < -0.39 is 46.4 Å². The molecule has 196 valence electrons. The fourth-order valence-corrected chi connectivity index (χ4v) is 2.82. The third-order valence-electron chi connectivity index (χ3n) is 5.02. The predicted molar refractivity (Wildman–Crippen MR) is 130 cm³/mol. The van der Waals surface area contributed by atoms with Gasteiger partial charge in [0.25, 0.3) is 0 Å². The van der Waals surface area contributed by atoms with Crippen LogP contribution in [0.2, 0.25) is 0 Å². The van der Waals surface area contributed by atoms with Crippen molar-refractivity contribution in [3.63, 3.8) is 0 Å². The quantitative estimate of drug-likeness (QED) is 0.387. The van der Waals surface area contributed by atoms with E-state index in [1.807, 2.05) is 0 Å². The average Bonchev–Trinajstić information content (AvgIpc) is 2.67. The maximum Gasteiger partial charge on any atom is 0.324 e. The van der Waals surface area contributed by atoms with Gasteiger partial charge in [0.1, 0.15) is 11.6 Å². The molecule has 3 N–H and O–H groups in total. The molecule has 0 aliphatic heterocycles. The van der Waals surface area contributed by atoms with Crippen molar-refractivity contribution >= 4 is 23.9 Å². The van der Waals surface area contributed by atoms with Gasteiger partial charge in [0.05, 0.1) is 16.7 Å². The van der Waals surface area contributed by atoms with Crippen LogP contribution in [0.5, 0.6) is 11.5 Å². The zero-order chi connectivity index (χ0) is 27.4. The second-order valence-electron chi connectivity index (χ2n) is 11.3. The van der Waals surface area contributed by atoms with E-state index >= 15 is 0 Å². The minimum Gasteiger partial charge on any atom is -0.480 e. The number of carboxylic acid groups (broad SMARTS) is 1. The van der Waals surface area contributed by atoms with Crippen molar-refractivity contribution in [3.05, 3.63) is 23.8 Å². The van der Waals surface area contributed by atoms with Gasteiger partial charge in [-0.1, -0.05) is 19.9 Å². The highest BCUT2D eigenvalue weighted by molar-refractivity contribution is 5.82. The van der Waals surface area contributed by atoms with Crippen LogP contribution in [-0.2, 0) is 30.3 Å². The summed E-state index contributed by atoms with van der Waals surface area (Å²) in [5.41, 5.74) is 3.26. The number of ether oxygens (including phenoxy) is 3. The van der Waals surface area contributed by atoms with Gasteiger partial charge in [0, 0.05) is 12.8 Å². The SMILES string of the molecule is CC(C)C(=O)O[C@@H](C)CC(N)(Cc1ccc(OC(=O)C(C)(C)C)c(OC(=O)C(C)(C)C)c1)C(=O)O. The van der Waals surface area contributed by atoms with Gasteiger partial charge in [-0.3, -0.25) is 19.2 Å². The van der Waals surface area contributed by atoms with Gasteiger partial charge >= 0.3 is 23.9 Å². The fourth-order valence-electron chi connectivity index (χ4n) is 2.82. The number of hydrogen-bond acceptors (Lipinski definition) is 8. The molecule has 2 atom stereocenters. The van der Waals surface area contributed by atoms with Crippen LogP contribution >= 0.6 is 0 Å². The summed E-state index contributed by atoms with van der Waals surface area (Å²) in [5.74, 6) is -3.17. The van der Waals surface area contributed by atoms with E-state index in [9.17, 15) is 24.3 Å². The van der Waals surface area contributed by atoms with E-state index in [0.29, 0.717) is 5.56 Å². The Morgan fingerprint density at radius 3 is 1.80 bits per heavy atom. The summed E-state index contributed by atoms with van der Waals surface area (Å²) in [7, 11) is 0. The summed E-state index contributed by atoms with van der Waals surface area (Å²) in [6.07, 6.45) is -1.03. The smallest absolute Gasteiger partial charge is 0.324 e. The van der Waals surface area contributed by atoms with Crippen molar-refractivity contribution in [1.82, 2.24) is 0 Å². The van der Waals surface area contributed by atoms with Gasteiger partial charge in [-0.15, -0.1) is 0 Å². The molecule has 0 saturated carbocycles. The number of aliphatic carboxylic acids is 1. The van der Waals surface area contributed by atoms with Crippen molar-refractivity contribution in [2.45, 2.75) is 86.8 Å². The lowest BCUT2D eigenvalue weighted by Crippen LogP contribution is -2.52. The first-order chi connectivity index (χ1) is 15.8. The molecule has 0 aliphatic carbocycles. The molecular weight excluding hydrogens is 454 g/mol. The molecule has 0 aliphatic rings. The zero-order valence-corrected chi connectivity index (χ0v) is 22.2. The Bertz CT molecular complexity index is 955. The molecule has 0 radical (unpaired) electrons. The third kappa shape index (κ3) is 8.98. The second-order valence-corrected chi connectivity index (χ2v) is 11.3. The van der Waals surface area contributed by atoms with Crippen LogP contribution in [0.25, 0.3) is 0 Å². The minimum absolute atomic E-state index is 0.0213. The van der Waals surface area contributed by atoms with Crippen LogP contribution in [0.15, 0.2) is 18.2 Å². The Balaban J connectivity index is 3.31. The molecule has 0 aromatic heterocycles. The number of nitrogens with two attached hydrogens (primary N) is 1. The highest BCUT2D eigenvalue weighted by Gasteiger charge is 2.37. The maximum atomic E-state index is 12.5. The van der Waals surface area contributed by atoms with E-state index in [2.05, 4.69) is 0 Å². The Kier molecular flexibility index (Phi) is 9.63. The zero-order valence-electron chi connectivity index (χ0n) is 22.2. The normalized spacial score (nSPS) is 14.6. The van der Waals surface area contributed by atoms with Gasteiger partial charge in [-0.2, -0.15) is 0 Å². The monoisotopic (exact) mass is 493 g/mol. The number of carbonyl (C=O) groups excluding carboxylic acids is 3. The molecule has 1 aromatic carbocycles. The topological polar surface area (TPSA) is 142 Å². The lowest BCUT2D eigenvalue weighted by atomic mass is 9.86. The Morgan fingerprint density at radius 1 is 0.886 bits per heavy atom. The lowest BCUT2D eigenvalue weighted by Gasteiger charge is -2.28. The lowest BCUT2D eigenvalue weighted by molar-refractivity contribution is -0.156. The summed E-state index contributed by atoms with van der Waals surface area (Å²) in [4.78, 5) is 48.9. The Labute approximate surface area is 207 Å². The average molecular weight is 494 g/mol. The van der Waals surface area contributed by atoms with E-state index in [1.165, 1.54) is 12.1 Å². The molecule has 1 aromatic rings. The van der Waals surface area contributed by atoms with Crippen LogP contribution in [0.1, 0.15) is 74.3 Å². The van der Waals surface area contributed by atoms with Crippen molar-refractivity contribution in [2.24, 2.45) is 22.5 Å². The molecule has 35 heavy (non-hydrogen) atoms. The highest BCUT2D eigenvalue weighted by atomic mass is 16.6. The van der Waals surface area contributed by atoms with Crippen molar-refractivity contribution in [1.29, 1.82) is 0 Å². The molecule has 9 nitrogen and oxygen atoms in total. The maximum absolute atomic E-state index is 12.5. The summed E-state index contributed by atoms with van der Waals surface area (Å²) in [6.45, 7) is 15.0. The molecule has 0 amide bonds. The van der Waals surface area contributed by atoms with E-state index in [4.69, 9.17) is 19.9 Å². The molecular formula is C26H39NO8. The van der Waals surface area contributed by atoms with Crippen LogP contribution in [0, 0.1) is 16.7 Å². The number of rotatable bonds is 9. The van der Waals surface area contributed by atoms with Gasteiger partial charge in [0.2, 0.25) is 0 Å². The van der Waals surface area contributed by atoms with E-state index in [-0.39, 0.29) is 30.3 Å². The number of esters is 3. The largest absolute Gasteiger partial charge is 0.480 e. The summed E-state index contributed by atoms with van der Waals surface area (Å²) < 4.78 is 16.3. The van der Waals surface area contributed by atoms with Crippen LogP contribution in [0.3, 0.4) is 0 Å². The molecule has 0 spiro atoms. The molecule has 0 fully saturated rings. The van der Waals surface area contributed by atoms with Crippen LogP contribution in [0.4, 0.5) is 0 Å². The number of hydrogen-bond donors (Lipinski definition) is 2. The van der Waals surface area contributed by atoms with Gasteiger partial charge in [0.15, 0.2) is 11.5 Å². The fraction of sp³-hybridized carbons (Fsp3) is 0.615. The highest BCUT2D eigenvalue weighted by Crippen LogP contribution is 2.34. The summed E-state index contributed by atoms with van der Waals surface area (Å²) >= 11 is 0. The minimum atomic E-state index is -1.77. The van der Waals surface area contributed by atoms with E-state index in [1.54, 1.807) is 68.4 Å². The molecule has 9 heteroatoms. The molecule has 0 heterocycles. The Morgan fingerprint density at radius 2 is 1.37 bits per heavy atom. The van der Waals surface area contributed by atoms with Crippen molar-refractivity contribution in [2.75, 3.05) is 0 Å². The second kappa shape index (κ2) is 11.2. The van der Waals surface area contributed by atoms with Crippen LogP contribution < -0.4 is 15.2 Å². The van der Waals surface area contributed by atoms with Gasteiger partial charge < -0.3 is 25.1 Å². The van der Waals surface area contributed by atoms with Crippen molar-refractivity contribution in [3.8, 4) is 11.5 Å². The third-order valence-corrected chi connectivity index (χ3v) is 5.02.